The number of amides is 2. The Morgan fingerprint density at radius 3 is 2.57 bits per heavy atom. The van der Waals surface area contributed by atoms with Gasteiger partial charge in [0.2, 0.25) is 11.8 Å². The van der Waals surface area contributed by atoms with Crippen LogP contribution in [0.3, 0.4) is 0 Å². The Morgan fingerprint density at radius 1 is 1.07 bits per heavy atom. The van der Waals surface area contributed by atoms with Crippen LogP contribution >= 0.6 is 0 Å². The molecule has 0 radical (unpaired) electrons. The Bertz CT molecular complexity index is 1120. The van der Waals surface area contributed by atoms with Gasteiger partial charge in [-0.05, 0) is 49.2 Å². The second-order valence-corrected chi connectivity index (χ2v) is 6.72. The molecular formula is C21H22N4O3. The maximum Gasteiger partial charge on any atom is 0.261 e. The molecule has 2 aromatic carbocycles. The van der Waals surface area contributed by atoms with Gasteiger partial charge in [0.05, 0.1) is 17.2 Å². The highest BCUT2D eigenvalue weighted by atomic mass is 16.2. The summed E-state index contributed by atoms with van der Waals surface area (Å²) in [4.78, 5) is 40.4. The average Bonchev–Trinajstić information content (AvgIpc) is 2.64. The molecular weight excluding hydrogens is 356 g/mol. The van der Waals surface area contributed by atoms with Crippen molar-refractivity contribution in [2.75, 3.05) is 10.6 Å². The molecule has 1 heterocycles. The first-order valence-electron chi connectivity index (χ1n) is 8.98. The normalized spacial score (nSPS) is 10.7. The van der Waals surface area contributed by atoms with Gasteiger partial charge in [-0.15, -0.1) is 0 Å². The Labute approximate surface area is 162 Å². The van der Waals surface area contributed by atoms with Crippen LogP contribution in [-0.2, 0) is 16.1 Å². The number of anilines is 2. The number of benzene rings is 2. The van der Waals surface area contributed by atoms with E-state index in [9.17, 15) is 14.4 Å². The number of nitrogens with one attached hydrogen (secondary N) is 2. The van der Waals surface area contributed by atoms with Gasteiger partial charge in [-0.2, -0.15) is 0 Å². The van der Waals surface area contributed by atoms with E-state index in [4.69, 9.17) is 0 Å². The van der Waals surface area contributed by atoms with E-state index in [0.29, 0.717) is 22.3 Å². The molecule has 0 bridgehead atoms. The van der Waals surface area contributed by atoms with E-state index in [-0.39, 0.29) is 30.3 Å². The molecule has 1 aromatic heterocycles. The van der Waals surface area contributed by atoms with Crippen LogP contribution in [0.5, 0.6) is 0 Å². The van der Waals surface area contributed by atoms with Gasteiger partial charge in [0.25, 0.3) is 5.56 Å². The molecule has 0 spiro atoms. The minimum atomic E-state index is -0.206. The van der Waals surface area contributed by atoms with Crippen LogP contribution < -0.4 is 16.2 Å². The standard InChI is InChI=1S/C21H22N4O3/c1-13-5-4-6-17-20(13)22-12-25(21(17)28)10-9-19(27)24-16-7-8-18(14(2)11-16)23-15(3)26/h4-8,11-12H,9-10H2,1-3H3,(H,23,26)(H,24,27). The molecule has 28 heavy (non-hydrogen) atoms. The van der Waals surface area contributed by atoms with Gasteiger partial charge in [-0.3, -0.25) is 19.0 Å². The molecule has 144 valence electrons. The average molecular weight is 378 g/mol. The van der Waals surface area contributed by atoms with Gasteiger partial charge < -0.3 is 10.6 Å². The van der Waals surface area contributed by atoms with Crippen molar-refractivity contribution in [3.63, 3.8) is 0 Å². The van der Waals surface area contributed by atoms with Crippen molar-refractivity contribution in [3.05, 3.63) is 64.2 Å². The minimum Gasteiger partial charge on any atom is -0.326 e. The number of fused-ring (bicyclic) bond motifs is 1. The van der Waals surface area contributed by atoms with Crippen molar-refractivity contribution in [1.82, 2.24) is 9.55 Å². The van der Waals surface area contributed by atoms with Crippen LogP contribution in [0.4, 0.5) is 11.4 Å². The molecule has 0 saturated heterocycles. The summed E-state index contributed by atoms with van der Waals surface area (Å²) < 4.78 is 1.45. The quantitative estimate of drug-likeness (QED) is 0.714. The number of para-hydroxylation sites is 1. The lowest BCUT2D eigenvalue weighted by atomic mass is 10.1. The van der Waals surface area contributed by atoms with E-state index >= 15 is 0 Å². The lowest BCUT2D eigenvalue weighted by Gasteiger charge is -2.11. The number of nitrogens with zero attached hydrogens (tertiary/aromatic N) is 2. The lowest BCUT2D eigenvalue weighted by Crippen LogP contribution is -2.23. The predicted octanol–water partition coefficient (Wildman–Crippen LogP) is 3.00. The van der Waals surface area contributed by atoms with E-state index in [1.807, 2.05) is 26.0 Å². The Hall–Kier alpha value is -3.48. The maximum absolute atomic E-state index is 12.6. The number of aromatic nitrogens is 2. The minimum absolute atomic E-state index is 0.144. The number of carbonyl (C=O) groups is 2. The zero-order chi connectivity index (χ0) is 20.3. The number of rotatable bonds is 5. The molecule has 2 N–H and O–H groups in total. The van der Waals surface area contributed by atoms with Crippen molar-refractivity contribution in [1.29, 1.82) is 0 Å². The summed E-state index contributed by atoms with van der Waals surface area (Å²) in [6, 6.07) is 10.7. The van der Waals surface area contributed by atoms with Crippen LogP contribution in [0.1, 0.15) is 24.5 Å². The Balaban J connectivity index is 1.67. The highest BCUT2D eigenvalue weighted by Crippen LogP contribution is 2.20. The molecule has 0 unspecified atom stereocenters. The van der Waals surface area contributed by atoms with Crippen LogP contribution in [0.25, 0.3) is 10.9 Å². The Morgan fingerprint density at radius 2 is 1.86 bits per heavy atom. The second-order valence-electron chi connectivity index (χ2n) is 6.72. The van der Waals surface area contributed by atoms with Crippen molar-refractivity contribution in [2.24, 2.45) is 0 Å². The third-order valence-corrected chi connectivity index (χ3v) is 4.46. The predicted molar refractivity (Wildman–Crippen MR) is 109 cm³/mol. The summed E-state index contributed by atoms with van der Waals surface area (Å²) in [5.74, 6) is -0.354. The van der Waals surface area contributed by atoms with Crippen LogP contribution in [-0.4, -0.2) is 21.4 Å². The zero-order valence-corrected chi connectivity index (χ0v) is 16.1. The highest BCUT2D eigenvalue weighted by Gasteiger charge is 2.09. The van der Waals surface area contributed by atoms with Gasteiger partial charge >= 0.3 is 0 Å². The molecule has 0 aliphatic rings. The third kappa shape index (κ3) is 4.25. The topological polar surface area (TPSA) is 93.1 Å². The van der Waals surface area contributed by atoms with E-state index in [1.54, 1.807) is 24.3 Å². The fraction of sp³-hybridized carbons (Fsp3) is 0.238. The van der Waals surface area contributed by atoms with Gasteiger partial charge in [0.1, 0.15) is 0 Å². The molecule has 0 atom stereocenters. The van der Waals surface area contributed by atoms with Gasteiger partial charge in [0.15, 0.2) is 0 Å². The summed E-state index contributed by atoms with van der Waals surface area (Å²) in [7, 11) is 0. The maximum atomic E-state index is 12.6. The van der Waals surface area contributed by atoms with Crippen LogP contribution in [0, 0.1) is 13.8 Å². The first-order valence-corrected chi connectivity index (χ1v) is 8.98. The number of hydrogen-bond acceptors (Lipinski definition) is 4. The summed E-state index contributed by atoms with van der Waals surface area (Å²) in [5.41, 5.74) is 3.65. The number of aryl methyl sites for hydroxylation is 3. The fourth-order valence-corrected chi connectivity index (χ4v) is 3.01. The van der Waals surface area contributed by atoms with Crippen molar-refractivity contribution < 1.29 is 9.59 Å². The first kappa shape index (κ1) is 19.3. The van der Waals surface area contributed by atoms with Gasteiger partial charge in [0, 0.05) is 31.3 Å². The van der Waals surface area contributed by atoms with E-state index in [1.165, 1.54) is 17.8 Å². The van der Waals surface area contributed by atoms with Crippen LogP contribution in [0.2, 0.25) is 0 Å². The molecule has 7 nitrogen and oxygen atoms in total. The van der Waals surface area contributed by atoms with E-state index in [0.717, 1.165) is 11.1 Å². The first-order chi connectivity index (χ1) is 13.3. The molecule has 3 rings (SSSR count). The van der Waals surface area contributed by atoms with Crippen molar-refractivity contribution in [2.45, 2.75) is 33.7 Å². The van der Waals surface area contributed by atoms with Crippen LogP contribution in [0.15, 0.2) is 47.5 Å². The molecule has 0 fully saturated rings. The largest absolute Gasteiger partial charge is 0.326 e. The molecule has 3 aromatic rings. The van der Waals surface area contributed by atoms with Crippen molar-refractivity contribution >= 4 is 34.1 Å². The van der Waals surface area contributed by atoms with Gasteiger partial charge in [-0.1, -0.05) is 12.1 Å². The smallest absolute Gasteiger partial charge is 0.261 e. The number of hydrogen-bond donors (Lipinski definition) is 2. The van der Waals surface area contributed by atoms with Gasteiger partial charge in [-0.25, -0.2) is 4.98 Å². The second kappa shape index (κ2) is 8.04. The zero-order valence-electron chi connectivity index (χ0n) is 16.1. The summed E-state index contributed by atoms with van der Waals surface area (Å²) >= 11 is 0. The molecule has 0 aliphatic carbocycles. The van der Waals surface area contributed by atoms with E-state index < -0.39 is 0 Å². The van der Waals surface area contributed by atoms with Crippen molar-refractivity contribution in [3.8, 4) is 0 Å². The Kier molecular flexibility index (Phi) is 5.54. The monoisotopic (exact) mass is 378 g/mol. The molecule has 0 aliphatic heterocycles. The summed E-state index contributed by atoms with van der Waals surface area (Å²) in [6.07, 6.45) is 1.63. The summed E-state index contributed by atoms with van der Waals surface area (Å²) in [5, 5.41) is 6.09. The SMILES string of the molecule is CC(=O)Nc1ccc(NC(=O)CCn2cnc3c(C)cccc3c2=O)cc1C. The summed E-state index contributed by atoms with van der Waals surface area (Å²) in [6.45, 7) is 5.44. The molecule has 2 amide bonds. The third-order valence-electron chi connectivity index (χ3n) is 4.46. The molecule has 7 heteroatoms. The molecule has 0 saturated carbocycles. The van der Waals surface area contributed by atoms with E-state index in [2.05, 4.69) is 15.6 Å². The lowest BCUT2D eigenvalue weighted by molar-refractivity contribution is -0.116. The fourth-order valence-electron chi connectivity index (χ4n) is 3.01. The highest BCUT2D eigenvalue weighted by molar-refractivity contribution is 5.93. The number of carbonyl (C=O) groups excluding carboxylic acids is 2.